The number of likely N-dealkylation sites (tertiary alicyclic amines) is 1. The number of nitrogens with zero attached hydrogens (tertiary/aromatic N) is 1. The molecule has 5 atom stereocenters. The molecule has 0 aliphatic carbocycles. The number of fused-ring (bicyclic) bond motifs is 1. The number of nitrogens with one attached hydrogen (secondary N) is 1. The predicted molar refractivity (Wildman–Crippen MR) is 131 cm³/mol. The van der Waals surface area contributed by atoms with Gasteiger partial charge >= 0.3 is 5.97 Å². The lowest BCUT2D eigenvalue weighted by Crippen LogP contribution is -2.53. The van der Waals surface area contributed by atoms with Crippen LogP contribution in [0, 0.1) is 25.7 Å². The van der Waals surface area contributed by atoms with Crippen molar-refractivity contribution < 1.29 is 29.0 Å². The number of para-hydroxylation sites is 1. The number of carbonyl (C=O) groups excluding carboxylic acids is 3. The number of rotatable bonds is 10. The monoisotopic (exact) mass is 486 g/mol. The third kappa shape index (κ3) is 4.04. The Morgan fingerprint density at radius 1 is 1.17 bits per heavy atom. The molecule has 3 heterocycles. The lowest BCUT2D eigenvalue weighted by atomic mass is 9.65. The van der Waals surface area contributed by atoms with E-state index >= 15 is 0 Å². The highest BCUT2D eigenvalue weighted by Gasteiger charge is 2.78. The van der Waals surface area contributed by atoms with Crippen LogP contribution < -0.4 is 5.32 Å². The van der Waals surface area contributed by atoms with Gasteiger partial charge in [0.25, 0.3) is 0 Å². The molecule has 192 valence electrons. The highest BCUT2D eigenvalue weighted by Crippen LogP contribution is 2.64. The molecule has 2 bridgehead atoms. The molecule has 2 amide bonds. The molecule has 3 aliphatic heterocycles. The van der Waals surface area contributed by atoms with Gasteiger partial charge in [-0.15, -0.1) is 0 Å². The first kappa shape index (κ1) is 25.6. The summed E-state index contributed by atoms with van der Waals surface area (Å²) < 4.78 is 12.1. The van der Waals surface area contributed by atoms with Gasteiger partial charge in [-0.05, 0) is 70.4 Å². The molecule has 3 aliphatic rings. The summed E-state index contributed by atoms with van der Waals surface area (Å²) in [5.41, 5.74) is 0.786. The normalized spacial score (nSPS) is 31.1. The number of amides is 2. The van der Waals surface area contributed by atoms with E-state index < -0.39 is 35.0 Å². The number of hydrogen-bond acceptors (Lipinski definition) is 6. The van der Waals surface area contributed by atoms with Crippen molar-refractivity contribution in [3.05, 3.63) is 29.3 Å². The lowest BCUT2D eigenvalue weighted by molar-refractivity contribution is -0.160. The van der Waals surface area contributed by atoms with Crippen LogP contribution in [-0.2, 0) is 23.9 Å². The lowest BCUT2D eigenvalue weighted by Gasteiger charge is -2.34. The van der Waals surface area contributed by atoms with Gasteiger partial charge in [0.1, 0.15) is 17.6 Å². The fourth-order valence-corrected chi connectivity index (χ4v) is 6.62. The number of aliphatic hydroxyl groups excluding tert-OH is 1. The maximum atomic E-state index is 13.9. The topological polar surface area (TPSA) is 105 Å². The quantitative estimate of drug-likeness (QED) is 0.389. The van der Waals surface area contributed by atoms with Crippen LogP contribution in [0.1, 0.15) is 63.5 Å². The van der Waals surface area contributed by atoms with Gasteiger partial charge in [0, 0.05) is 18.8 Å². The van der Waals surface area contributed by atoms with Crippen LogP contribution >= 0.6 is 0 Å². The van der Waals surface area contributed by atoms with E-state index in [2.05, 4.69) is 5.32 Å². The Morgan fingerprint density at radius 2 is 1.89 bits per heavy atom. The average Bonchev–Trinajstić information content (AvgIpc) is 3.43. The number of aliphatic hydroxyl groups is 1. The minimum absolute atomic E-state index is 0.0873. The zero-order valence-corrected chi connectivity index (χ0v) is 21.3. The highest BCUT2D eigenvalue weighted by molar-refractivity contribution is 6.04. The number of anilines is 1. The van der Waals surface area contributed by atoms with E-state index in [1.165, 1.54) is 0 Å². The summed E-state index contributed by atoms with van der Waals surface area (Å²) in [5, 5.41) is 12.3. The van der Waals surface area contributed by atoms with Crippen LogP contribution in [0.3, 0.4) is 0 Å². The van der Waals surface area contributed by atoms with Crippen LogP contribution in [0.4, 0.5) is 5.69 Å². The van der Waals surface area contributed by atoms with E-state index in [0.29, 0.717) is 38.6 Å². The van der Waals surface area contributed by atoms with E-state index in [-0.39, 0.29) is 25.0 Å². The molecule has 4 rings (SSSR count). The summed E-state index contributed by atoms with van der Waals surface area (Å²) >= 11 is 0. The first-order valence-corrected chi connectivity index (χ1v) is 12.9. The van der Waals surface area contributed by atoms with Gasteiger partial charge in [0.05, 0.1) is 18.1 Å². The smallest absolute Gasteiger partial charge is 0.312 e. The minimum atomic E-state index is -1.05. The summed E-state index contributed by atoms with van der Waals surface area (Å²) in [6, 6.07) is 4.99. The standard InChI is InChI=1S/C27H38N2O6/c1-5-26-13-14-27(35-26)19(20(26)25(33)34-6-2)24(32)29(15-8-7-9-16-30)22(27)23(31)28-21-17(3)11-10-12-18(21)4/h10-12,19-20,22,30H,5-9,13-16H2,1-4H3,(H,28,31)/t19-,20-,22?,26+,27?/m0/s1. The second-order valence-electron chi connectivity index (χ2n) is 10.2. The Hall–Kier alpha value is -2.45. The van der Waals surface area contributed by atoms with E-state index in [4.69, 9.17) is 14.6 Å². The van der Waals surface area contributed by atoms with Gasteiger partial charge < -0.3 is 24.8 Å². The maximum absolute atomic E-state index is 13.9. The molecule has 3 fully saturated rings. The van der Waals surface area contributed by atoms with E-state index in [1.54, 1.807) is 11.8 Å². The molecule has 0 radical (unpaired) electrons. The fourth-order valence-electron chi connectivity index (χ4n) is 6.62. The van der Waals surface area contributed by atoms with Crippen molar-refractivity contribution in [3.8, 4) is 0 Å². The van der Waals surface area contributed by atoms with Crippen LogP contribution in [-0.4, -0.2) is 64.8 Å². The van der Waals surface area contributed by atoms with Crippen LogP contribution in [0.2, 0.25) is 0 Å². The van der Waals surface area contributed by atoms with Gasteiger partial charge in [0.2, 0.25) is 11.8 Å². The molecule has 8 heteroatoms. The number of carbonyl (C=O) groups is 3. The number of ether oxygens (including phenoxy) is 2. The summed E-state index contributed by atoms with van der Waals surface area (Å²) in [7, 11) is 0. The van der Waals surface area contributed by atoms with Gasteiger partial charge in [-0.1, -0.05) is 25.1 Å². The first-order valence-electron chi connectivity index (χ1n) is 12.9. The molecule has 2 N–H and O–H groups in total. The molecule has 3 saturated heterocycles. The van der Waals surface area contributed by atoms with Crippen molar-refractivity contribution in [1.82, 2.24) is 4.90 Å². The largest absolute Gasteiger partial charge is 0.466 e. The number of unbranched alkanes of at least 4 members (excludes halogenated alkanes) is 2. The van der Waals surface area contributed by atoms with Crippen molar-refractivity contribution in [2.24, 2.45) is 11.8 Å². The summed E-state index contributed by atoms with van der Waals surface area (Å²) in [4.78, 5) is 42.6. The van der Waals surface area contributed by atoms with E-state index in [1.807, 2.05) is 39.0 Å². The SMILES string of the molecule is CCOC(=O)[C@@H]1[C@H]2C(=O)N(CCCCCO)C(C(=O)Nc3c(C)cccc3C)C23CC[C@@]1(CC)O3. The van der Waals surface area contributed by atoms with Gasteiger partial charge in [-0.2, -0.15) is 0 Å². The summed E-state index contributed by atoms with van der Waals surface area (Å²) in [5.74, 6) is -2.35. The van der Waals surface area contributed by atoms with Crippen LogP contribution in [0.5, 0.6) is 0 Å². The molecule has 1 aromatic carbocycles. The third-order valence-electron chi connectivity index (χ3n) is 8.26. The Labute approximate surface area is 207 Å². The van der Waals surface area contributed by atoms with Crippen molar-refractivity contribution in [2.45, 2.75) is 83.5 Å². The second-order valence-corrected chi connectivity index (χ2v) is 10.2. The van der Waals surface area contributed by atoms with E-state index in [9.17, 15) is 14.4 Å². The van der Waals surface area contributed by atoms with Crippen molar-refractivity contribution in [1.29, 1.82) is 0 Å². The number of aryl methyl sites for hydroxylation is 2. The van der Waals surface area contributed by atoms with Crippen molar-refractivity contribution >= 4 is 23.5 Å². The molecular weight excluding hydrogens is 448 g/mol. The number of hydrogen-bond donors (Lipinski definition) is 2. The Bertz CT molecular complexity index is 976. The van der Waals surface area contributed by atoms with Crippen molar-refractivity contribution in [3.63, 3.8) is 0 Å². The van der Waals surface area contributed by atoms with Gasteiger partial charge in [0.15, 0.2) is 0 Å². The maximum Gasteiger partial charge on any atom is 0.312 e. The molecule has 35 heavy (non-hydrogen) atoms. The molecule has 8 nitrogen and oxygen atoms in total. The number of benzene rings is 1. The summed E-state index contributed by atoms with van der Waals surface area (Å²) in [6.07, 6.45) is 3.77. The molecule has 0 aromatic heterocycles. The first-order chi connectivity index (χ1) is 16.8. The van der Waals surface area contributed by atoms with Crippen LogP contribution in [0.15, 0.2) is 18.2 Å². The second kappa shape index (κ2) is 9.90. The molecule has 1 spiro atoms. The fraction of sp³-hybridized carbons (Fsp3) is 0.667. The molecule has 2 unspecified atom stereocenters. The van der Waals surface area contributed by atoms with Gasteiger partial charge in [-0.3, -0.25) is 14.4 Å². The zero-order valence-electron chi connectivity index (χ0n) is 21.3. The Morgan fingerprint density at radius 3 is 2.51 bits per heavy atom. The summed E-state index contributed by atoms with van der Waals surface area (Å²) in [6.45, 7) is 8.29. The predicted octanol–water partition coefficient (Wildman–Crippen LogP) is 3.12. The minimum Gasteiger partial charge on any atom is -0.466 e. The number of esters is 1. The molecule has 0 saturated carbocycles. The van der Waals surface area contributed by atoms with E-state index in [0.717, 1.165) is 23.2 Å². The Kier molecular flexibility index (Phi) is 7.25. The third-order valence-corrected chi connectivity index (χ3v) is 8.26. The van der Waals surface area contributed by atoms with Crippen molar-refractivity contribution in [2.75, 3.05) is 25.1 Å². The zero-order chi connectivity index (χ0) is 25.4. The van der Waals surface area contributed by atoms with Gasteiger partial charge in [-0.25, -0.2) is 0 Å². The average molecular weight is 487 g/mol. The molecular formula is C27H38N2O6. The highest BCUT2D eigenvalue weighted by atomic mass is 16.6. The molecule has 1 aromatic rings. The Balaban J connectivity index is 1.73. The van der Waals surface area contributed by atoms with Crippen LogP contribution in [0.25, 0.3) is 0 Å².